The average molecular weight is 616 g/mol. The molecule has 0 aliphatic carbocycles. The van der Waals surface area contributed by atoms with Crippen molar-refractivity contribution in [2.24, 2.45) is 5.10 Å². The first kappa shape index (κ1) is 33.9. The van der Waals surface area contributed by atoms with Gasteiger partial charge in [-0.05, 0) is 37.1 Å². The van der Waals surface area contributed by atoms with Crippen LogP contribution in [0, 0.1) is 0 Å². The van der Waals surface area contributed by atoms with Gasteiger partial charge in [0.05, 0.1) is 22.3 Å². The van der Waals surface area contributed by atoms with Crippen molar-refractivity contribution in [1.82, 2.24) is 15.3 Å². The molecular formula is C32H40F3N5O2S. The topological polar surface area (TPSA) is 86.7 Å². The van der Waals surface area contributed by atoms with Crippen molar-refractivity contribution in [3.8, 4) is 0 Å². The van der Waals surface area contributed by atoms with Gasteiger partial charge in [-0.1, -0.05) is 63.3 Å². The quantitative estimate of drug-likeness (QED) is 0.0744. The SMILES string of the molecule is CCCCCCCC/C=N/NC(=O)c1cnc2cccc(C(F)(F)F)c2c1NC(CSc1ccccc1)CC(=O)N(C)C. The van der Waals surface area contributed by atoms with Crippen LogP contribution in [-0.4, -0.2) is 53.8 Å². The Morgan fingerprint density at radius 1 is 1.02 bits per heavy atom. The van der Waals surface area contributed by atoms with Crippen molar-refractivity contribution in [2.45, 2.75) is 75.4 Å². The standard InChI is InChI=1S/C32H40F3N5O2S/c1-4-5-6-7-8-9-13-19-37-39-31(42)25-21-36-27-18-14-17-26(32(33,34)35)29(27)30(25)38-23(20-28(41)40(2)3)22-43-24-15-11-10-12-16-24/h10-12,14-19,21,23H,4-9,13,20,22H2,1-3H3,(H,36,38)(H,39,42)/b37-19+. The molecule has 0 aliphatic heterocycles. The first-order valence-electron chi connectivity index (χ1n) is 14.6. The summed E-state index contributed by atoms with van der Waals surface area (Å²) in [5.41, 5.74) is 1.48. The van der Waals surface area contributed by atoms with Crippen LogP contribution in [0.2, 0.25) is 0 Å². The van der Waals surface area contributed by atoms with Crippen LogP contribution in [0.1, 0.15) is 74.2 Å². The molecule has 2 N–H and O–H groups in total. The molecule has 11 heteroatoms. The van der Waals surface area contributed by atoms with Crippen LogP contribution in [0.15, 0.2) is 64.7 Å². The third kappa shape index (κ3) is 10.6. The maximum absolute atomic E-state index is 14.2. The van der Waals surface area contributed by atoms with Gasteiger partial charge in [0, 0.05) is 55.0 Å². The highest BCUT2D eigenvalue weighted by atomic mass is 32.2. The minimum absolute atomic E-state index is 0.00228. The molecule has 2 aromatic carbocycles. The molecule has 1 atom stereocenters. The van der Waals surface area contributed by atoms with E-state index in [1.807, 2.05) is 30.3 Å². The number of nitrogens with zero attached hydrogens (tertiary/aromatic N) is 3. The van der Waals surface area contributed by atoms with Crippen molar-refractivity contribution in [2.75, 3.05) is 25.2 Å². The van der Waals surface area contributed by atoms with Gasteiger partial charge in [-0.3, -0.25) is 14.6 Å². The van der Waals surface area contributed by atoms with Crippen LogP contribution in [0.25, 0.3) is 10.9 Å². The van der Waals surface area contributed by atoms with Crippen molar-refractivity contribution >= 4 is 46.4 Å². The van der Waals surface area contributed by atoms with E-state index < -0.39 is 23.7 Å². The monoisotopic (exact) mass is 615 g/mol. The molecule has 3 aromatic rings. The summed E-state index contributed by atoms with van der Waals surface area (Å²) in [7, 11) is 3.24. The lowest BCUT2D eigenvalue weighted by atomic mass is 10.0. The summed E-state index contributed by atoms with van der Waals surface area (Å²) < 4.78 is 42.7. The van der Waals surface area contributed by atoms with Gasteiger partial charge in [-0.25, -0.2) is 5.43 Å². The van der Waals surface area contributed by atoms with Crippen LogP contribution < -0.4 is 10.7 Å². The number of carbonyl (C=O) groups excluding carboxylic acids is 2. The molecule has 43 heavy (non-hydrogen) atoms. The van der Waals surface area contributed by atoms with E-state index in [0.29, 0.717) is 12.2 Å². The average Bonchev–Trinajstić information content (AvgIpc) is 2.98. The Hall–Kier alpha value is -3.60. The largest absolute Gasteiger partial charge is 0.417 e. The van der Waals surface area contributed by atoms with Gasteiger partial charge in [-0.2, -0.15) is 18.3 Å². The summed E-state index contributed by atoms with van der Waals surface area (Å²) in [5.74, 6) is -0.536. The lowest BCUT2D eigenvalue weighted by Crippen LogP contribution is -2.33. The maximum Gasteiger partial charge on any atom is 0.417 e. The molecule has 0 spiro atoms. The number of aromatic nitrogens is 1. The fraction of sp³-hybridized carbons (Fsp3) is 0.438. The fourth-order valence-electron chi connectivity index (χ4n) is 4.51. The number of halogens is 3. The number of nitrogens with one attached hydrogen (secondary N) is 2. The number of hydrogen-bond donors (Lipinski definition) is 2. The van der Waals surface area contributed by atoms with Gasteiger partial charge in [0.25, 0.3) is 5.91 Å². The number of rotatable bonds is 16. The lowest BCUT2D eigenvalue weighted by molar-refractivity contribution is -0.136. The summed E-state index contributed by atoms with van der Waals surface area (Å²) in [6.45, 7) is 2.17. The summed E-state index contributed by atoms with van der Waals surface area (Å²) >= 11 is 1.46. The molecule has 1 unspecified atom stereocenters. The van der Waals surface area contributed by atoms with Crippen molar-refractivity contribution < 1.29 is 22.8 Å². The number of unbranched alkanes of at least 4 members (excludes halogenated alkanes) is 6. The van der Waals surface area contributed by atoms with Gasteiger partial charge in [0.2, 0.25) is 5.91 Å². The molecule has 2 amide bonds. The van der Waals surface area contributed by atoms with Crippen molar-refractivity contribution in [3.63, 3.8) is 0 Å². The molecule has 0 bridgehead atoms. The molecule has 0 saturated heterocycles. The van der Waals surface area contributed by atoms with Gasteiger partial charge in [-0.15, -0.1) is 11.8 Å². The highest BCUT2D eigenvalue weighted by molar-refractivity contribution is 7.99. The van der Waals surface area contributed by atoms with Crippen LogP contribution in [-0.2, 0) is 11.0 Å². The number of anilines is 1. The molecule has 1 heterocycles. The number of fused-ring (bicyclic) bond motifs is 1. The van der Waals surface area contributed by atoms with Crippen LogP contribution in [0.4, 0.5) is 18.9 Å². The summed E-state index contributed by atoms with van der Waals surface area (Å²) in [5, 5.41) is 6.96. The molecule has 7 nitrogen and oxygen atoms in total. The zero-order chi connectivity index (χ0) is 31.2. The van der Waals surface area contributed by atoms with E-state index in [4.69, 9.17) is 0 Å². The van der Waals surface area contributed by atoms with E-state index in [9.17, 15) is 22.8 Å². The number of thioether (sulfide) groups is 1. The Morgan fingerprint density at radius 2 is 1.74 bits per heavy atom. The molecular weight excluding hydrogens is 575 g/mol. The second-order valence-electron chi connectivity index (χ2n) is 10.5. The summed E-state index contributed by atoms with van der Waals surface area (Å²) in [6.07, 6.45) is 5.57. The Morgan fingerprint density at radius 3 is 2.44 bits per heavy atom. The Labute approximate surface area is 255 Å². The third-order valence-corrected chi connectivity index (χ3v) is 8.03. The predicted molar refractivity (Wildman–Crippen MR) is 169 cm³/mol. The Kier molecular flexibility index (Phi) is 13.3. The second-order valence-corrected chi connectivity index (χ2v) is 11.6. The summed E-state index contributed by atoms with van der Waals surface area (Å²) in [6, 6.07) is 12.6. The minimum atomic E-state index is -4.70. The number of benzene rings is 2. The number of pyridine rings is 1. The zero-order valence-electron chi connectivity index (χ0n) is 24.9. The van der Waals surface area contributed by atoms with E-state index in [2.05, 4.69) is 27.8 Å². The number of amides is 2. The first-order valence-corrected chi connectivity index (χ1v) is 15.6. The van der Waals surface area contributed by atoms with E-state index >= 15 is 0 Å². The molecule has 0 aliphatic rings. The maximum atomic E-state index is 14.2. The highest BCUT2D eigenvalue weighted by Crippen LogP contribution is 2.39. The Balaban J connectivity index is 1.93. The van der Waals surface area contributed by atoms with Crippen LogP contribution >= 0.6 is 11.8 Å². The molecule has 0 fully saturated rings. The van der Waals surface area contributed by atoms with E-state index in [-0.39, 0.29) is 34.5 Å². The minimum Gasteiger partial charge on any atom is -0.380 e. The lowest BCUT2D eigenvalue weighted by Gasteiger charge is -2.24. The molecule has 0 saturated carbocycles. The number of alkyl halides is 3. The zero-order valence-corrected chi connectivity index (χ0v) is 25.7. The second kappa shape index (κ2) is 16.9. The smallest absolute Gasteiger partial charge is 0.380 e. The fourth-order valence-corrected chi connectivity index (χ4v) is 5.45. The van der Waals surface area contributed by atoms with Gasteiger partial charge in [0.1, 0.15) is 0 Å². The Bertz CT molecular complexity index is 1370. The number of hydrazone groups is 1. The highest BCUT2D eigenvalue weighted by Gasteiger charge is 2.35. The van der Waals surface area contributed by atoms with Gasteiger partial charge >= 0.3 is 6.18 Å². The van der Waals surface area contributed by atoms with E-state index in [0.717, 1.165) is 30.2 Å². The molecule has 0 radical (unpaired) electrons. The van der Waals surface area contributed by atoms with E-state index in [1.165, 1.54) is 54.3 Å². The van der Waals surface area contributed by atoms with E-state index in [1.54, 1.807) is 20.3 Å². The van der Waals surface area contributed by atoms with Gasteiger partial charge in [0.15, 0.2) is 0 Å². The molecule has 3 rings (SSSR count). The predicted octanol–water partition coefficient (Wildman–Crippen LogP) is 7.77. The first-order chi connectivity index (χ1) is 20.6. The molecule has 232 valence electrons. The van der Waals surface area contributed by atoms with Crippen molar-refractivity contribution in [1.29, 1.82) is 0 Å². The number of carbonyl (C=O) groups is 2. The third-order valence-electron chi connectivity index (χ3n) is 6.85. The molecule has 1 aromatic heterocycles. The van der Waals surface area contributed by atoms with Crippen molar-refractivity contribution in [3.05, 3.63) is 65.9 Å². The van der Waals surface area contributed by atoms with Gasteiger partial charge < -0.3 is 10.2 Å². The normalized spacial score (nSPS) is 12.4. The van der Waals surface area contributed by atoms with Crippen LogP contribution in [0.5, 0.6) is 0 Å². The summed E-state index contributed by atoms with van der Waals surface area (Å²) in [4.78, 5) is 32.6. The number of hydrogen-bond acceptors (Lipinski definition) is 6. The van der Waals surface area contributed by atoms with Crippen LogP contribution in [0.3, 0.4) is 0 Å².